The number of nitrogens with zero attached hydrogens (tertiary/aromatic N) is 1. The molecule has 0 radical (unpaired) electrons. The average Bonchev–Trinajstić information content (AvgIpc) is 2.64. The molecule has 1 heterocycles. The van der Waals surface area contributed by atoms with Gasteiger partial charge in [0.1, 0.15) is 5.75 Å². The smallest absolute Gasteiger partial charge is 0.406 e. The van der Waals surface area contributed by atoms with Gasteiger partial charge in [-0.3, -0.25) is 9.59 Å². The molecule has 1 saturated heterocycles. The van der Waals surface area contributed by atoms with E-state index in [1.54, 1.807) is 0 Å². The van der Waals surface area contributed by atoms with Gasteiger partial charge >= 0.3 is 6.36 Å². The molecular formula is C17H18F3NO3. The van der Waals surface area contributed by atoms with Gasteiger partial charge in [0.15, 0.2) is 0 Å². The number of ether oxygens (including phenoxy) is 1. The molecule has 130 valence electrons. The van der Waals surface area contributed by atoms with Gasteiger partial charge in [0.2, 0.25) is 11.8 Å². The molecule has 0 spiro atoms. The monoisotopic (exact) mass is 341 g/mol. The Balaban J connectivity index is 1.93. The summed E-state index contributed by atoms with van der Waals surface area (Å²) in [6.07, 6.45) is -3.52. The zero-order chi connectivity index (χ0) is 17.9. The van der Waals surface area contributed by atoms with Crippen LogP contribution in [0.4, 0.5) is 18.9 Å². The van der Waals surface area contributed by atoms with Gasteiger partial charge in [0, 0.05) is 5.92 Å². The first-order valence-electron chi connectivity index (χ1n) is 7.71. The Morgan fingerprint density at radius 3 is 2.25 bits per heavy atom. The highest BCUT2D eigenvalue weighted by atomic mass is 19.4. The SMILES string of the molecule is CC1(C)[C@H]2CC[C@@]1(C)C(=O)N(c1ccc(OC(F)(F)F)cc1)C2=O. The number of benzene rings is 1. The Morgan fingerprint density at radius 1 is 1.12 bits per heavy atom. The molecule has 0 aromatic heterocycles. The highest BCUT2D eigenvalue weighted by Gasteiger charge is 2.64. The first-order chi connectivity index (χ1) is 11.0. The molecule has 1 aliphatic heterocycles. The molecule has 2 fully saturated rings. The lowest BCUT2D eigenvalue weighted by Crippen LogP contribution is -2.59. The number of rotatable bonds is 2. The van der Waals surface area contributed by atoms with Gasteiger partial charge in [-0.1, -0.05) is 20.8 Å². The van der Waals surface area contributed by atoms with E-state index < -0.39 is 22.9 Å². The fourth-order valence-corrected chi connectivity index (χ4v) is 3.86. The Hall–Kier alpha value is -2.05. The summed E-state index contributed by atoms with van der Waals surface area (Å²) >= 11 is 0. The minimum absolute atomic E-state index is 0.271. The predicted octanol–water partition coefficient (Wildman–Crippen LogP) is 3.90. The van der Waals surface area contributed by atoms with Crippen LogP contribution in [0.25, 0.3) is 0 Å². The molecule has 1 aromatic carbocycles. The third-order valence-electron chi connectivity index (χ3n) is 5.75. The quantitative estimate of drug-likeness (QED) is 0.767. The van der Waals surface area contributed by atoms with Crippen LogP contribution in [0.3, 0.4) is 0 Å². The van der Waals surface area contributed by atoms with Gasteiger partial charge in [-0.2, -0.15) is 0 Å². The fraction of sp³-hybridized carbons (Fsp3) is 0.529. The van der Waals surface area contributed by atoms with E-state index in [2.05, 4.69) is 4.74 Å². The molecule has 0 N–H and O–H groups in total. The highest BCUT2D eigenvalue weighted by molar-refractivity contribution is 6.20. The van der Waals surface area contributed by atoms with Crippen molar-refractivity contribution in [1.29, 1.82) is 0 Å². The maximum Gasteiger partial charge on any atom is 0.573 e. The van der Waals surface area contributed by atoms with Crippen LogP contribution in [-0.4, -0.2) is 18.2 Å². The largest absolute Gasteiger partial charge is 0.573 e. The number of amides is 2. The predicted molar refractivity (Wildman–Crippen MR) is 80.2 cm³/mol. The number of halogens is 3. The Morgan fingerprint density at radius 2 is 1.71 bits per heavy atom. The number of imide groups is 1. The van der Waals surface area contributed by atoms with Gasteiger partial charge in [-0.25, -0.2) is 4.90 Å². The second kappa shape index (κ2) is 4.97. The minimum atomic E-state index is -4.78. The molecule has 3 rings (SSSR count). The van der Waals surface area contributed by atoms with E-state index in [0.717, 1.165) is 17.0 Å². The molecule has 2 atom stereocenters. The Labute approximate surface area is 137 Å². The van der Waals surface area contributed by atoms with Crippen molar-refractivity contribution >= 4 is 17.5 Å². The van der Waals surface area contributed by atoms with E-state index in [1.807, 2.05) is 20.8 Å². The van der Waals surface area contributed by atoms with Crippen LogP contribution < -0.4 is 9.64 Å². The summed E-state index contributed by atoms with van der Waals surface area (Å²) in [6, 6.07) is 4.82. The van der Waals surface area contributed by atoms with Crippen molar-refractivity contribution in [2.24, 2.45) is 16.7 Å². The Bertz CT molecular complexity index is 696. The number of hydrogen-bond acceptors (Lipinski definition) is 3. The zero-order valence-electron chi connectivity index (χ0n) is 13.6. The van der Waals surface area contributed by atoms with E-state index in [0.29, 0.717) is 12.8 Å². The number of anilines is 1. The molecule has 1 aromatic rings. The molecule has 4 nitrogen and oxygen atoms in total. The van der Waals surface area contributed by atoms with Crippen LogP contribution in [0.1, 0.15) is 33.6 Å². The van der Waals surface area contributed by atoms with Crippen LogP contribution in [0.5, 0.6) is 5.75 Å². The molecule has 2 aliphatic rings. The third-order valence-corrected chi connectivity index (χ3v) is 5.75. The second-order valence-corrected chi connectivity index (χ2v) is 7.17. The van der Waals surface area contributed by atoms with Gasteiger partial charge in [0.25, 0.3) is 0 Å². The van der Waals surface area contributed by atoms with Crippen molar-refractivity contribution in [3.05, 3.63) is 24.3 Å². The average molecular weight is 341 g/mol. The van der Waals surface area contributed by atoms with Gasteiger partial charge in [-0.15, -0.1) is 13.2 Å². The fourth-order valence-electron chi connectivity index (χ4n) is 3.86. The van der Waals surface area contributed by atoms with E-state index in [-0.39, 0.29) is 23.4 Å². The topological polar surface area (TPSA) is 46.6 Å². The molecule has 1 saturated carbocycles. The summed E-state index contributed by atoms with van der Waals surface area (Å²) in [5.41, 5.74) is -0.822. The summed E-state index contributed by atoms with van der Waals surface area (Å²) < 4.78 is 40.5. The highest BCUT2D eigenvalue weighted by Crippen LogP contribution is 2.60. The van der Waals surface area contributed by atoms with Crippen LogP contribution in [0.2, 0.25) is 0 Å². The number of carbonyl (C=O) groups is 2. The van der Waals surface area contributed by atoms with Crippen molar-refractivity contribution in [3.63, 3.8) is 0 Å². The lowest BCUT2D eigenvalue weighted by molar-refractivity contribution is -0.274. The maximum absolute atomic E-state index is 12.9. The van der Waals surface area contributed by atoms with Crippen LogP contribution in [0.15, 0.2) is 24.3 Å². The molecule has 24 heavy (non-hydrogen) atoms. The number of piperidine rings is 1. The number of carbonyl (C=O) groups excluding carboxylic acids is 2. The molecule has 7 heteroatoms. The van der Waals surface area contributed by atoms with E-state index in [9.17, 15) is 22.8 Å². The van der Waals surface area contributed by atoms with Crippen molar-refractivity contribution in [3.8, 4) is 5.75 Å². The first kappa shape index (κ1) is 16.8. The van der Waals surface area contributed by atoms with E-state index >= 15 is 0 Å². The third kappa shape index (κ3) is 2.29. The van der Waals surface area contributed by atoms with E-state index in [1.165, 1.54) is 12.1 Å². The molecule has 1 aliphatic carbocycles. The zero-order valence-corrected chi connectivity index (χ0v) is 13.6. The van der Waals surface area contributed by atoms with Gasteiger partial charge in [0.05, 0.1) is 11.1 Å². The van der Waals surface area contributed by atoms with Gasteiger partial charge < -0.3 is 4.74 Å². The number of alkyl halides is 3. The summed E-state index contributed by atoms with van der Waals surface area (Å²) in [7, 11) is 0. The van der Waals surface area contributed by atoms with Crippen molar-refractivity contribution in [2.75, 3.05) is 4.90 Å². The van der Waals surface area contributed by atoms with E-state index in [4.69, 9.17) is 0 Å². The maximum atomic E-state index is 12.9. The standard InChI is InChI=1S/C17H18F3NO3/c1-15(2)12-8-9-16(15,3)14(23)21(13(12)22)10-4-6-11(7-5-10)24-17(18,19)20/h4-7,12H,8-9H2,1-3H3/t12-,16-/m0/s1. The minimum Gasteiger partial charge on any atom is -0.406 e. The van der Waals surface area contributed by atoms with Crippen LogP contribution in [0, 0.1) is 16.7 Å². The number of fused-ring (bicyclic) bond motifs is 2. The van der Waals surface area contributed by atoms with Crippen LogP contribution >= 0.6 is 0 Å². The summed E-state index contributed by atoms with van der Waals surface area (Å²) in [4.78, 5) is 26.8. The Kier molecular flexibility index (Phi) is 3.48. The normalized spacial score (nSPS) is 29.1. The molecule has 2 bridgehead atoms. The lowest BCUT2D eigenvalue weighted by Gasteiger charge is -2.47. The van der Waals surface area contributed by atoms with Crippen molar-refractivity contribution in [2.45, 2.75) is 40.0 Å². The van der Waals surface area contributed by atoms with Crippen molar-refractivity contribution < 1.29 is 27.5 Å². The van der Waals surface area contributed by atoms with Gasteiger partial charge in [-0.05, 0) is 42.5 Å². The number of hydrogen-bond donors (Lipinski definition) is 0. The molecular weight excluding hydrogens is 323 g/mol. The van der Waals surface area contributed by atoms with Crippen LogP contribution in [-0.2, 0) is 9.59 Å². The summed E-state index contributed by atoms with van der Waals surface area (Å²) in [6.45, 7) is 5.71. The summed E-state index contributed by atoms with van der Waals surface area (Å²) in [5.74, 6) is -1.25. The van der Waals surface area contributed by atoms with Crippen molar-refractivity contribution in [1.82, 2.24) is 0 Å². The summed E-state index contributed by atoms with van der Waals surface area (Å²) in [5, 5.41) is 0. The lowest BCUT2D eigenvalue weighted by atomic mass is 9.62. The molecule has 2 amide bonds. The second-order valence-electron chi connectivity index (χ2n) is 7.17. The molecule has 0 unspecified atom stereocenters. The first-order valence-corrected chi connectivity index (χ1v) is 7.71.